The number of alkyl halides is 1. The maximum absolute atomic E-state index is 3.64. The summed E-state index contributed by atoms with van der Waals surface area (Å²) >= 11 is 2.52. The zero-order valence-corrected chi connectivity index (χ0v) is 12.1. The van der Waals surface area contributed by atoms with Crippen LogP contribution in [0.15, 0.2) is 0 Å². The zero-order chi connectivity index (χ0) is 10.8. The molecule has 0 aromatic heterocycles. The Labute approximate surface area is 104 Å². The van der Waals surface area contributed by atoms with Gasteiger partial charge >= 0.3 is 0 Å². The SMILES string of the molecule is CCCC(CCC)CN[C@@H](I)CCC. The van der Waals surface area contributed by atoms with Crippen molar-refractivity contribution >= 4 is 22.6 Å². The van der Waals surface area contributed by atoms with Crippen LogP contribution in [0, 0.1) is 5.92 Å². The molecule has 1 atom stereocenters. The fraction of sp³-hybridized carbons (Fsp3) is 1.00. The molecule has 0 rings (SSSR count). The van der Waals surface area contributed by atoms with E-state index in [4.69, 9.17) is 0 Å². The summed E-state index contributed by atoms with van der Waals surface area (Å²) in [5.74, 6) is 0.902. The first-order valence-corrected chi connectivity index (χ1v) is 7.36. The highest BCUT2D eigenvalue weighted by molar-refractivity contribution is 14.1. The van der Waals surface area contributed by atoms with E-state index in [-0.39, 0.29) is 0 Å². The van der Waals surface area contributed by atoms with Gasteiger partial charge in [0.1, 0.15) is 0 Å². The topological polar surface area (TPSA) is 12.0 Å². The van der Waals surface area contributed by atoms with E-state index >= 15 is 0 Å². The van der Waals surface area contributed by atoms with Crippen LogP contribution in [0.2, 0.25) is 0 Å². The van der Waals surface area contributed by atoms with Gasteiger partial charge < -0.3 is 5.32 Å². The summed E-state index contributed by atoms with van der Waals surface area (Å²) in [5.41, 5.74) is 0. The Kier molecular flexibility index (Phi) is 10.7. The van der Waals surface area contributed by atoms with Crippen molar-refractivity contribution in [3.05, 3.63) is 0 Å². The van der Waals surface area contributed by atoms with Gasteiger partial charge in [0.25, 0.3) is 0 Å². The lowest BCUT2D eigenvalue weighted by atomic mass is 9.98. The Bertz CT molecular complexity index is 111. The van der Waals surface area contributed by atoms with Crippen LogP contribution in [0.25, 0.3) is 0 Å². The molecule has 0 bridgehead atoms. The molecular weight excluding hydrogens is 285 g/mol. The van der Waals surface area contributed by atoms with E-state index in [0.29, 0.717) is 4.05 Å². The van der Waals surface area contributed by atoms with Crippen LogP contribution in [-0.4, -0.2) is 10.6 Å². The average Bonchev–Trinajstić information content (AvgIpc) is 2.15. The lowest BCUT2D eigenvalue weighted by molar-refractivity contribution is 0.405. The molecule has 14 heavy (non-hydrogen) atoms. The van der Waals surface area contributed by atoms with E-state index < -0.39 is 0 Å². The van der Waals surface area contributed by atoms with Crippen molar-refractivity contribution in [2.24, 2.45) is 5.92 Å². The second kappa shape index (κ2) is 10.2. The van der Waals surface area contributed by atoms with Crippen molar-refractivity contribution in [3.63, 3.8) is 0 Å². The molecule has 2 heteroatoms. The molecule has 0 aliphatic rings. The fourth-order valence-electron chi connectivity index (χ4n) is 1.82. The minimum atomic E-state index is 0.675. The molecule has 0 unspecified atom stereocenters. The molecule has 0 saturated carbocycles. The second-order valence-corrected chi connectivity index (χ2v) is 5.61. The quantitative estimate of drug-likeness (QED) is 0.379. The van der Waals surface area contributed by atoms with Gasteiger partial charge in [0.15, 0.2) is 0 Å². The molecule has 0 aliphatic carbocycles. The number of nitrogens with one attached hydrogen (secondary N) is 1. The Morgan fingerprint density at radius 3 is 1.86 bits per heavy atom. The third-order valence-electron chi connectivity index (χ3n) is 2.56. The molecule has 86 valence electrons. The highest BCUT2D eigenvalue weighted by atomic mass is 127. The highest BCUT2D eigenvalue weighted by Gasteiger charge is 2.08. The molecule has 1 nitrogen and oxygen atoms in total. The van der Waals surface area contributed by atoms with Crippen molar-refractivity contribution in [1.29, 1.82) is 0 Å². The average molecular weight is 311 g/mol. The third kappa shape index (κ3) is 8.04. The number of halogens is 1. The van der Waals surface area contributed by atoms with E-state index in [1.165, 1.54) is 45.1 Å². The van der Waals surface area contributed by atoms with Crippen LogP contribution in [0.4, 0.5) is 0 Å². The molecular formula is C12H26IN. The van der Waals surface area contributed by atoms with Crippen LogP contribution in [0.5, 0.6) is 0 Å². The maximum Gasteiger partial charge on any atom is 0.0593 e. The Morgan fingerprint density at radius 1 is 0.929 bits per heavy atom. The first kappa shape index (κ1) is 14.7. The summed E-state index contributed by atoms with van der Waals surface area (Å²) in [4.78, 5) is 0. The van der Waals surface area contributed by atoms with Crippen molar-refractivity contribution < 1.29 is 0 Å². The summed E-state index contributed by atoms with van der Waals surface area (Å²) in [6, 6.07) is 0. The van der Waals surface area contributed by atoms with Crippen LogP contribution in [0.1, 0.15) is 59.3 Å². The van der Waals surface area contributed by atoms with Crippen LogP contribution in [-0.2, 0) is 0 Å². The minimum absolute atomic E-state index is 0.675. The van der Waals surface area contributed by atoms with Gasteiger partial charge in [-0.15, -0.1) is 0 Å². The largest absolute Gasteiger partial charge is 0.305 e. The minimum Gasteiger partial charge on any atom is -0.305 e. The van der Waals surface area contributed by atoms with Gasteiger partial charge in [0, 0.05) is 0 Å². The normalized spacial score (nSPS) is 13.5. The summed E-state index contributed by atoms with van der Waals surface area (Å²) < 4.78 is 0.675. The molecule has 0 fully saturated rings. The first-order chi connectivity index (χ1) is 6.74. The molecule has 0 saturated heterocycles. The van der Waals surface area contributed by atoms with Crippen molar-refractivity contribution in [2.45, 2.75) is 63.3 Å². The van der Waals surface area contributed by atoms with Gasteiger partial charge in [-0.3, -0.25) is 0 Å². The number of rotatable bonds is 9. The molecule has 0 radical (unpaired) electrons. The summed E-state index contributed by atoms with van der Waals surface area (Å²) in [7, 11) is 0. The fourth-order valence-corrected chi connectivity index (χ4v) is 2.69. The summed E-state index contributed by atoms with van der Waals surface area (Å²) in [5, 5.41) is 3.64. The molecule has 0 spiro atoms. The Balaban J connectivity index is 3.57. The van der Waals surface area contributed by atoms with Crippen molar-refractivity contribution in [3.8, 4) is 0 Å². The number of hydrogen-bond acceptors (Lipinski definition) is 1. The van der Waals surface area contributed by atoms with Crippen LogP contribution < -0.4 is 5.32 Å². The van der Waals surface area contributed by atoms with Gasteiger partial charge in [-0.25, -0.2) is 0 Å². The Morgan fingerprint density at radius 2 is 1.43 bits per heavy atom. The van der Waals surface area contributed by atoms with Crippen molar-refractivity contribution in [1.82, 2.24) is 5.32 Å². The first-order valence-electron chi connectivity index (χ1n) is 6.11. The Hall–Kier alpha value is 0.690. The van der Waals surface area contributed by atoms with E-state index in [9.17, 15) is 0 Å². The molecule has 0 amide bonds. The summed E-state index contributed by atoms with van der Waals surface area (Å²) in [6.07, 6.45) is 8.00. The van der Waals surface area contributed by atoms with Gasteiger partial charge in [-0.05, 0) is 31.7 Å². The van der Waals surface area contributed by atoms with Gasteiger partial charge in [0.2, 0.25) is 0 Å². The van der Waals surface area contributed by atoms with E-state index in [0.717, 1.165) is 5.92 Å². The van der Waals surface area contributed by atoms with E-state index in [1.807, 2.05) is 0 Å². The second-order valence-electron chi connectivity index (χ2n) is 4.11. The maximum atomic E-state index is 3.64. The van der Waals surface area contributed by atoms with Gasteiger partial charge in [-0.2, -0.15) is 0 Å². The van der Waals surface area contributed by atoms with Crippen LogP contribution >= 0.6 is 22.6 Å². The molecule has 0 heterocycles. The predicted molar refractivity (Wildman–Crippen MR) is 74.0 cm³/mol. The van der Waals surface area contributed by atoms with Gasteiger partial charge in [0.05, 0.1) is 4.05 Å². The summed E-state index contributed by atoms with van der Waals surface area (Å²) in [6.45, 7) is 8.05. The molecule has 1 N–H and O–H groups in total. The van der Waals surface area contributed by atoms with E-state index in [1.54, 1.807) is 0 Å². The lowest BCUT2D eigenvalue weighted by Crippen LogP contribution is -2.29. The highest BCUT2D eigenvalue weighted by Crippen LogP contribution is 2.14. The zero-order valence-electron chi connectivity index (χ0n) is 9.98. The van der Waals surface area contributed by atoms with E-state index in [2.05, 4.69) is 48.7 Å². The number of hydrogen-bond donors (Lipinski definition) is 1. The molecule has 0 aromatic rings. The molecule has 0 aliphatic heterocycles. The standard InChI is InChI=1S/C12H26IN/c1-4-7-11(8-5-2)10-14-12(13)9-6-3/h11-12,14H,4-10H2,1-3H3/t12-/m1/s1. The molecule has 0 aromatic carbocycles. The van der Waals surface area contributed by atoms with Crippen molar-refractivity contribution in [2.75, 3.05) is 6.54 Å². The lowest BCUT2D eigenvalue weighted by Gasteiger charge is -2.18. The third-order valence-corrected chi connectivity index (χ3v) is 3.63. The van der Waals surface area contributed by atoms with Crippen LogP contribution in [0.3, 0.4) is 0 Å². The van der Waals surface area contributed by atoms with Gasteiger partial charge in [-0.1, -0.05) is 62.6 Å². The monoisotopic (exact) mass is 311 g/mol. The predicted octanol–water partition coefficient (Wildman–Crippen LogP) is 4.35. The smallest absolute Gasteiger partial charge is 0.0593 e.